The van der Waals surface area contributed by atoms with E-state index in [0.29, 0.717) is 0 Å². The Hall–Kier alpha value is 0. The first-order valence-electron chi connectivity index (χ1n) is 4.72. The Bertz CT molecular complexity index is 240. The molecule has 82 valence electrons. The number of unbranched alkanes of at least 4 members (excludes halogenated alkanes) is 1. The largest absolute Gasteiger partial charge is 1.00 e. The summed E-state index contributed by atoms with van der Waals surface area (Å²) in [4.78, 5) is 0. The number of nitrogens with zero attached hydrogens (tertiary/aromatic N) is 2. The van der Waals surface area contributed by atoms with Crippen molar-refractivity contribution in [1.82, 2.24) is 4.57 Å². The summed E-state index contributed by atoms with van der Waals surface area (Å²) in [7, 11) is 0. The van der Waals surface area contributed by atoms with Crippen LogP contribution in [-0.4, -0.2) is 16.9 Å². The minimum Gasteiger partial charge on any atom is -1.00 e. The van der Waals surface area contributed by atoms with E-state index < -0.39 is 0 Å². The van der Waals surface area contributed by atoms with Crippen molar-refractivity contribution in [3.8, 4) is 0 Å². The number of hydrogen-bond donors (Lipinski definition) is 2. The molecular weight excluding hydrogens is 262 g/mol. The molecule has 0 aliphatic carbocycles. The van der Waals surface area contributed by atoms with E-state index in [2.05, 4.69) is 40.5 Å². The number of hydrogen-bond acceptors (Lipinski definition) is 2. The number of aryl methyl sites for hydroxylation is 2. The number of rotatable bonds is 6. The summed E-state index contributed by atoms with van der Waals surface area (Å²) >= 11 is 4.18. The van der Waals surface area contributed by atoms with Gasteiger partial charge in [-0.1, -0.05) is 0 Å². The van der Waals surface area contributed by atoms with Gasteiger partial charge < -0.3 is 22.7 Å². The van der Waals surface area contributed by atoms with Crippen LogP contribution in [-0.2, 0) is 13.1 Å². The summed E-state index contributed by atoms with van der Waals surface area (Å²) in [6.07, 6.45) is 8.56. The van der Waals surface area contributed by atoms with Gasteiger partial charge in [0.2, 0.25) is 6.33 Å². The molecule has 3 nitrogen and oxygen atoms in total. The van der Waals surface area contributed by atoms with Crippen LogP contribution in [0.25, 0.3) is 0 Å². The molecule has 0 aliphatic heterocycles. The lowest BCUT2D eigenvalue weighted by atomic mass is 10.3. The van der Waals surface area contributed by atoms with E-state index in [0.717, 1.165) is 38.2 Å². The van der Waals surface area contributed by atoms with Gasteiger partial charge in [0.25, 0.3) is 0 Å². The van der Waals surface area contributed by atoms with Crippen LogP contribution >= 0.6 is 12.6 Å². The zero-order valence-corrected chi connectivity index (χ0v) is 10.8. The molecule has 1 aromatic rings. The van der Waals surface area contributed by atoms with Crippen molar-refractivity contribution < 1.29 is 21.5 Å². The van der Waals surface area contributed by atoms with E-state index in [4.69, 9.17) is 5.73 Å². The predicted molar refractivity (Wildman–Crippen MR) is 56.8 cm³/mol. The Morgan fingerprint density at radius 1 is 1.36 bits per heavy atom. The molecule has 0 amide bonds. The molecule has 0 spiro atoms. The van der Waals surface area contributed by atoms with Gasteiger partial charge in [-0.05, 0) is 19.4 Å². The zero-order valence-electron chi connectivity index (χ0n) is 8.27. The molecule has 1 rings (SSSR count). The van der Waals surface area contributed by atoms with Crippen LogP contribution in [0, 0.1) is 0 Å². The van der Waals surface area contributed by atoms with Gasteiger partial charge in [0, 0.05) is 5.75 Å². The standard InChI is InChI=1S/C9H17N3S.BrH/c10-3-1-2-4-11-5-6-12(9-11)7-8-13;/h5-6,9H,1-4,7-8,10H2;1H. The van der Waals surface area contributed by atoms with E-state index in [-0.39, 0.29) is 17.0 Å². The van der Waals surface area contributed by atoms with Crippen molar-refractivity contribution in [2.75, 3.05) is 12.3 Å². The third-order valence-corrected chi connectivity index (χ3v) is 2.17. The van der Waals surface area contributed by atoms with Gasteiger partial charge in [-0.25, -0.2) is 9.13 Å². The average Bonchev–Trinajstić information content (AvgIpc) is 2.54. The highest BCUT2D eigenvalue weighted by Crippen LogP contribution is 1.92. The number of aromatic nitrogens is 2. The number of nitrogens with two attached hydrogens (primary N) is 1. The van der Waals surface area contributed by atoms with Gasteiger partial charge in [0.15, 0.2) is 0 Å². The molecule has 5 heteroatoms. The first kappa shape index (κ1) is 14.0. The molecule has 0 bridgehead atoms. The molecule has 14 heavy (non-hydrogen) atoms. The van der Waals surface area contributed by atoms with Crippen LogP contribution < -0.4 is 27.3 Å². The number of thiol groups is 1. The molecule has 0 radical (unpaired) electrons. The van der Waals surface area contributed by atoms with Crippen LogP contribution in [0.5, 0.6) is 0 Å². The van der Waals surface area contributed by atoms with Crippen molar-refractivity contribution in [1.29, 1.82) is 0 Å². The van der Waals surface area contributed by atoms with Gasteiger partial charge in [-0.2, -0.15) is 12.6 Å². The summed E-state index contributed by atoms with van der Waals surface area (Å²) in [6.45, 7) is 2.84. The summed E-state index contributed by atoms with van der Waals surface area (Å²) in [5.74, 6) is 0.886. The molecule has 0 fully saturated rings. The highest BCUT2D eigenvalue weighted by Gasteiger charge is 2.01. The Balaban J connectivity index is 0.00000169. The van der Waals surface area contributed by atoms with Gasteiger partial charge in [0.1, 0.15) is 12.4 Å². The van der Waals surface area contributed by atoms with Crippen LogP contribution in [0.4, 0.5) is 0 Å². The highest BCUT2D eigenvalue weighted by molar-refractivity contribution is 7.80. The van der Waals surface area contributed by atoms with Crippen molar-refractivity contribution in [3.05, 3.63) is 18.7 Å². The first-order chi connectivity index (χ1) is 6.36. The number of halogens is 1. The van der Waals surface area contributed by atoms with Crippen molar-refractivity contribution >= 4 is 12.6 Å². The summed E-state index contributed by atoms with van der Waals surface area (Å²) in [5, 5.41) is 0. The zero-order chi connectivity index (χ0) is 9.52. The summed E-state index contributed by atoms with van der Waals surface area (Å²) < 4.78 is 4.34. The quantitative estimate of drug-likeness (QED) is 0.336. The summed E-state index contributed by atoms with van der Waals surface area (Å²) in [6, 6.07) is 0. The van der Waals surface area contributed by atoms with Gasteiger partial charge >= 0.3 is 0 Å². The predicted octanol–water partition coefficient (Wildman–Crippen LogP) is -2.55. The smallest absolute Gasteiger partial charge is 0.243 e. The second kappa shape index (κ2) is 8.32. The molecule has 0 atom stereocenters. The first-order valence-corrected chi connectivity index (χ1v) is 5.36. The van der Waals surface area contributed by atoms with Gasteiger partial charge in [-0.3, -0.25) is 0 Å². The third kappa shape index (κ3) is 5.02. The fourth-order valence-electron chi connectivity index (χ4n) is 1.26. The highest BCUT2D eigenvalue weighted by atomic mass is 79.9. The molecule has 0 saturated carbocycles. The molecule has 0 aliphatic rings. The monoisotopic (exact) mass is 279 g/mol. The van der Waals surface area contributed by atoms with Crippen molar-refractivity contribution in [3.63, 3.8) is 0 Å². The fraction of sp³-hybridized carbons (Fsp3) is 0.667. The molecule has 1 aromatic heterocycles. The molecule has 0 unspecified atom stereocenters. The maximum absolute atomic E-state index is 5.42. The van der Waals surface area contributed by atoms with E-state index in [1.54, 1.807) is 0 Å². The van der Waals surface area contributed by atoms with Crippen molar-refractivity contribution in [2.45, 2.75) is 25.9 Å². The second-order valence-electron chi connectivity index (χ2n) is 3.11. The topological polar surface area (TPSA) is 34.8 Å². The van der Waals surface area contributed by atoms with E-state index in [1.165, 1.54) is 0 Å². The second-order valence-corrected chi connectivity index (χ2v) is 3.56. The Labute approximate surface area is 101 Å². The molecule has 2 N–H and O–H groups in total. The molecular formula is C9H18BrN3S. The maximum Gasteiger partial charge on any atom is 0.243 e. The average molecular weight is 280 g/mol. The fourth-order valence-corrected chi connectivity index (χ4v) is 1.49. The molecule has 1 heterocycles. The van der Waals surface area contributed by atoms with Crippen LogP contribution in [0.3, 0.4) is 0 Å². The van der Waals surface area contributed by atoms with Crippen LogP contribution in [0.1, 0.15) is 12.8 Å². The minimum absolute atomic E-state index is 0. The maximum atomic E-state index is 5.42. The lowest BCUT2D eigenvalue weighted by molar-refractivity contribution is -0.691. The van der Waals surface area contributed by atoms with E-state index in [9.17, 15) is 0 Å². The number of imidazole rings is 1. The van der Waals surface area contributed by atoms with E-state index >= 15 is 0 Å². The minimum atomic E-state index is 0. The Kier molecular flexibility index (Phi) is 8.32. The van der Waals surface area contributed by atoms with Gasteiger partial charge in [0.05, 0.1) is 13.1 Å². The summed E-state index contributed by atoms with van der Waals surface area (Å²) in [5.41, 5.74) is 5.42. The third-order valence-electron chi connectivity index (χ3n) is 1.97. The lowest BCUT2D eigenvalue weighted by Crippen LogP contribution is -3.00. The van der Waals surface area contributed by atoms with Gasteiger partial charge in [-0.15, -0.1) is 0 Å². The normalized spacial score (nSPS) is 9.86. The molecule has 0 aromatic carbocycles. The van der Waals surface area contributed by atoms with Crippen molar-refractivity contribution in [2.24, 2.45) is 5.73 Å². The SMILES string of the molecule is NCCCCn1cc[n+](CCS)c1.[Br-]. The van der Waals surface area contributed by atoms with Crippen LogP contribution in [0.15, 0.2) is 18.7 Å². The Morgan fingerprint density at radius 3 is 2.79 bits per heavy atom. The lowest BCUT2D eigenvalue weighted by Gasteiger charge is -1.94. The molecule has 0 saturated heterocycles. The van der Waals surface area contributed by atoms with E-state index in [1.807, 2.05) is 0 Å². The Morgan fingerprint density at radius 2 is 2.14 bits per heavy atom. The van der Waals surface area contributed by atoms with Crippen LogP contribution in [0.2, 0.25) is 0 Å².